The molecule has 0 aliphatic carbocycles. The smallest absolute Gasteiger partial charge is 0.257 e. The van der Waals surface area contributed by atoms with Gasteiger partial charge >= 0.3 is 0 Å². The molecule has 3 N–H and O–H groups in total. The van der Waals surface area contributed by atoms with Gasteiger partial charge in [0.15, 0.2) is 0 Å². The van der Waals surface area contributed by atoms with Crippen LogP contribution in [0.1, 0.15) is 15.9 Å². The molecule has 1 aromatic carbocycles. The molecule has 2 aromatic rings. The van der Waals surface area contributed by atoms with E-state index < -0.39 is 0 Å². The lowest BCUT2D eigenvalue weighted by molar-refractivity contribution is 0.102. The minimum atomic E-state index is -0.338. The number of carbonyl (C=O) groups excluding carboxylic acids is 1. The van der Waals surface area contributed by atoms with Gasteiger partial charge in [0.05, 0.1) is 16.8 Å². The van der Waals surface area contributed by atoms with E-state index in [9.17, 15) is 4.79 Å². The highest BCUT2D eigenvalue weighted by Gasteiger charge is 2.10. The van der Waals surface area contributed by atoms with E-state index in [1.807, 2.05) is 6.07 Å². The van der Waals surface area contributed by atoms with Gasteiger partial charge in [-0.15, -0.1) is 0 Å². The summed E-state index contributed by atoms with van der Waals surface area (Å²) in [4.78, 5) is 15.9. The van der Waals surface area contributed by atoms with Gasteiger partial charge in [0.25, 0.3) is 5.91 Å². The standard InChI is InChI=1S/C13H9BrN4O/c14-10-3-9(6-17-7-10)13(19)18-12-2-1-11(16)4-8(12)5-15/h1-4,6-7H,16H2,(H,18,19). The highest BCUT2D eigenvalue weighted by molar-refractivity contribution is 9.10. The molecule has 2 rings (SSSR count). The number of hydrogen-bond acceptors (Lipinski definition) is 4. The SMILES string of the molecule is N#Cc1cc(N)ccc1NC(=O)c1cncc(Br)c1. The Morgan fingerprint density at radius 2 is 2.16 bits per heavy atom. The Balaban J connectivity index is 2.27. The van der Waals surface area contributed by atoms with Gasteiger partial charge in [-0.1, -0.05) is 0 Å². The second-order valence-electron chi connectivity index (χ2n) is 3.76. The van der Waals surface area contributed by atoms with E-state index in [0.29, 0.717) is 27.0 Å². The van der Waals surface area contributed by atoms with Crippen molar-refractivity contribution in [3.05, 3.63) is 52.3 Å². The van der Waals surface area contributed by atoms with Crippen LogP contribution in [0.15, 0.2) is 41.1 Å². The molecular formula is C13H9BrN4O. The molecule has 0 saturated carbocycles. The van der Waals surface area contributed by atoms with Crippen LogP contribution >= 0.6 is 15.9 Å². The molecule has 0 fully saturated rings. The van der Waals surface area contributed by atoms with Gasteiger partial charge in [-0.25, -0.2) is 0 Å². The molecule has 1 amide bonds. The number of benzene rings is 1. The van der Waals surface area contributed by atoms with E-state index in [2.05, 4.69) is 26.2 Å². The van der Waals surface area contributed by atoms with Crippen LogP contribution in [-0.4, -0.2) is 10.9 Å². The molecule has 5 nitrogen and oxygen atoms in total. The fourth-order valence-electron chi connectivity index (χ4n) is 1.49. The lowest BCUT2D eigenvalue weighted by atomic mass is 10.1. The van der Waals surface area contributed by atoms with Crippen LogP contribution in [-0.2, 0) is 0 Å². The number of pyridine rings is 1. The predicted molar refractivity (Wildman–Crippen MR) is 75.5 cm³/mol. The first-order chi connectivity index (χ1) is 9.10. The van der Waals surface area contributed by atoms with Crippen LogP contribution in [0.2, 0.25) is 0 Å². The number of aromatic nitrogens is 1. The zero-order valence-corrected chi connectivity index (χ0v) is 11.3. The zero-order valence-electron chi connectivity index (χ0n) is 9.72. The molecule has 1 aromatic heterocycles. The van der Waals surface area contributed by atoms with Crippen molar-refractivity contribution in [3.63, 3.8) is 0 Å². The molecule has 0 atom stereocenters. The average molecular weight is 317 g/mol. The van der Waals surface area contributed by atoms with Crippen molar-refractivity contribution in [2.45, 2.75) is 0 Å². The molecule has 0 radical (unpaired) electrons. The summed E-state index contributed by atoms with van der Waals surface area (Å²) in [5, 5.41) is 11.6. The number of nitriles is 1. The summed E-state index contributed by atoms with van der Waals surface area (Å²) in [7, 11) is 0. The minimum Gasteiger partial charge on any atom is -0.399 e. The molecule has 0 aliphatic rings. The maximum absolute atomic E-state index is 12.0. The zero-order chi connectivity index (χ0) is 13.8. The number of nitrogen functional groups attached to an aromatic ring is 1. The number of halogens is 1. The fraction of sp³-hybridized carbons (Fsp3) is 0. The Morgan fingerprint density at radius 3 is 2.84 bits per heavy atom. The molecule has 0 unspecified atom stereocenters. The highest BCUT2D eigenvalue weighted by atomic mass is 79.9. The van der Waals surface area contributed by atoms with E-state index in [1.165, 1.54) is 12.3 Å². The molecule has 19 heavy (non-hydrogen) atoms. The molecular weight excluding hydrogens is 308 g/mol. The molecule has 94 valence electrons. The van der Waals surface area contributed by atoms with Crippen molar-refractivity contribution in [3.8, 4) is 6.07 Å². The van der Waals surface area contributed by atoms with Gasteiger partial charge in [-0.2, -0.15) is 5.26 Å². The van der Waals surface area contributed by atoms with Crippen LogP contribution in [0.3, 0.4) is 0 Å². The Morgan fingerprint density at radius 1 is 1.37 bits per heavy atom. The van der Waals surface area contributed by atoms with Gasteiger partial charge in [0, 0.05) is 22.6 Å². The third-order valence-corrected chi connectivity index (χ3v) is 2.81. The topological polar surface area (TPSA) is 91.8 Å². The van der Waals surface area contributed by atoms with Gasteiger partial charge in [-0.05, 0) is 40.2 Å². The lowest BCUT2D eigenvalue weighted by Gasteiger charge is -2.07. The number of nitrogens with two attached hydrogens (primary N) is 1. The van der Waals surface area contributed by atoms with E-state index in [4.69, 9.17) is 11.0 Å². The summed E-state index contributed by atoms with van der Waals surface area (Å²) in [6, 6.07) is 8.35. The maximum atomic E-state index is 12.0. The van der Waals surface area contributed by atoms with Crippen molar-refractivity contribution in [1.29, 1.82) is 5.26 Å². The van der Waals surface area contributed by atoms with E-state index in [-0.39, 0.29) is 5.91 Å². The van der Waals surface area contributed by atoms with Crippen LogP contribution in [0, 0.1) is 11.3 Å². The van der Waals surface area contributed by atoms with Crippen molar-refractivity contribution < 1.29 is 4.79 Å². The highest BCUT2D eigenvalue weighted by Crippen LogP contribution is 2.19. The first kappa shape index (κ1) is 13.1. The predicted octanol–water partition coefficient (Wildman–Crippen LogP) is 2.55. The van der Waals surface area contributed by atoms with Crippen molar-refractivity contribution in [2.24, 2.45) is 0 Å². The summed E-state index contributed by atoms with van der Waals surface area (Å²) in [6.07, 6.45) is 3.03. The molecule has 1 heterocycles. The summed E-state index contributed by atoms with van der Waals surface area (Å²) in [5.74, 6) is -0.338. The number of carbonyl (C=O) groups is 1. The van der Waals surface area contributed by atoms with Crippen molar-refractivity contribution >= 4 is 33.2 Å². The number of amides is 1. The summed E-state index contributed by atoms with van der Waals surface area (Å²) >= 11 is 3.24. The second-order valence-corrected chi connectivity index (χ2v) is 4.68. The number of nitrogens with one attached hydrogen (secondary N) is 1. The number of nitrogens with zero attached hydrogens (tertiary/aromatic N) is 2. The van der Waals surface area contributed by atoms with Gasteiger partial charge < -0.3 is 11.1 Å². The Bertz CT molecular complexity index is 679. The normalized spacial score (nSPS) is 9.68. The third-order valence-electron chi connectivity index (χ3n) is 2.38. The van der Waals surface area contributed by atoms with Crippen molar-refractivity contribution in [1.82, 2.24) is 4.98 Å². The summed E-state index contributed by atoms with van der Waals surface area (Å²) in [6.45, 7) is 0. The minimum absolute atomic E-state index is 0.316. The Labute approximate surface area is 118 Å². The molecule has 0 aliphatic heterocycles. The molecule has 0 spiro atoms. The van der Waals surface area contributed by atoms with E-state index in [1.54, 1.807) is 24.4 Å². The first-order valence-electron chi connectivity index (χ1n) is 5.31. The maximum Gasteiger partial charge on any atom is 0.257 e. The Kier molecular flexibility index (Phi) is 3.78. The van der Waals surface area contributed by atoms with Gasteiger partial charge in [0.1, 0.15) is 6.07 Å². The number of anilines is 2. The summed E-state index contributed by atoms with van der Waals surface area (Å²) < 4.78 is 0.706. The number of hydrogen-bond donors (Lipinski definition) is 2. The fourth-order valence-corrected chi connectivity index (χ4v) is 1.86. The quantitative estimate of drug-likeness (QED) is 0.833. The second kappa shape index (κ2) is 5.50. The molecule has 0 bridgehead atoms. The van der Waals surface area contributed by atoms with Crippen LogP contribution < -0.4 is 11.1 Å². The van der Waals surface area contributed by atoms with Gasteiger partial charge in [-0.3, -0.25) is 9.78 Å². The largest absolute Gasteiger partial charge is 0.399 e. The monoisotopic (exact) mass is 316 g/mol. The van der Waals surface area contributed by atoms with Crippen LogP contribution in [0.5, 0.6) is 0 Å². The van der Waals surface area contributed by atoms with Gasteiger partial charge in [0.2, 0.25) is 0 Å². The third kappa shape index (κ3) is 3.09. The summed E-state index contributed by atoms with van der Waals surface area (Å²) in [5.41, 5.74) is 7.19. The van der Waals surface area contributed by atoms with Crippen molar-refractivity contribution in [2.75, 3.05) is 11.1 Å². The first-order valence-corrected chi connectivity index (χ1v) is 6.11. The van der Waals surface area contributed by atoms with Crippen LogP contribution in [0.4, 0.5) is 11.4 Å². The molecule has 0 saturated heterocycles. The Hall–Kier alpha value is -2.39. The van der Waals surface area contributed by atoms with Crippen LogP contribution in [0.25, 0.3) is 0 Å². The van der Waals surface area contributed by atoms with E-state index in [0.717, 1.165) is 0 Å². The average Bonchev–Trinajstić information content (AvgIpc) is 2.40. The lowest BCUT2D eigenvalue weighted by Crippen LogP contribution is -2.13. The van der Waals surface area contributed by atoms with E-state index >= 15 is 0 Å². The molecule has 6 heteroatoms. The number of rotatable bonds is 2.